The normalized spacial score (nSPS) is 15.2. The largest absolute Gasteiger partial charge is 0.470 e. The molecule has 0 bridgehead atoms. The zero-order valence-corrected chi connectivity index (χ0v) is 15.4. The van der Waals surface area contributed by atoms with Crippen LogP contribution in [0.2, 0.25) is 0 Å². The molecule has 2 heterocycles. The summed E-state index contributed by atoms with van der Waals surface area (Å²) in [5.74, 6) is -1.26. The summed E-state index contributed by atoms with van der Waals surface area (Å²) in [7, 11) is -3.57. The third kappa shape index (κ3) is 4.61. The molecule has 10 heteroatoms. The van der Waals surface area contributed by atoms with Crippen LogP contribution in [-0.2, 0) is 20.8 Å². The molecule has 28 heavy (non-hydrogen) atoms. The molecule has 1 saturated heterocycles. The zero-order valence-electron chi connectivity index (χ0n) is 14.6. The number of sulfone groups is 1. The maximum Gasteiger partial charge on any atom is 0.421 e. The number of carbonyl (C=O) groups excluding carboxylic acids is 1. The number of alkyl halides is 3. The Morgan fingerprint density at radius 2 is 1.82 bits per heavy atom. The van der Waals surface area contributed by atoms with E-state index in [1.807, 2.05) is 0 Å². The summed E-state index contributed by atoms with van der Waals surface area (Å²) in [6.45, 7) is 0.163. The molecule has 3 rings (SSSR count). The molecule has 1 amide bonds. The summed E-state index contributed by atoms with van der Waals surface area (Å²) in [6, 6.07) is 9.84. The van der Waals surface area contributed by atoms with Crippen LogP contribution in [0.1, 0.15) is 12.0 Å². The Morgan fingerprint density at radius 1 is 1.14 bits per heavy atom. The molecule has 1 aliphatic heterocycles. The van der Waals surface area contributed by atoms with Gasteiger partial charge in [0, 0.05) is 12.6 Å². The van der Waals surface area contributed by atoms with E-state index in [0.29, 0.717) is 0 Å². The Morgan fingerprint density at radius 3 is 2.46 bits per heavy atom. The van der Waals surface area contributed by atoms with E-state index < -0.39 is 39.5 Å². The molecule has 0 spiro atoms. The van der Waals surface area contributed by atoms with E-state index in [1.54, 1.807) is 18.2 Å². The highest BCUT2D eigenvalue weighted by atomic mass is 32.2. The van der Waals surface area contributed by atoms with Gasteiger partial charge in [0.25, 0.3) is 0 Å². The maximum absolute atomic E-state index is 12.9. The van der Waals surface area contributed by atoms with E-state index in [9.17, 15) is 26.4 Å². The minimum absolute atomic E-state index is 0.0814. The van der Waals surface area contributed by atoms with Crippen molar-refractivity contribution in [1.29, 1.82) is 0 Å². The highest BCUT2D eigenvalue weighted by Crippen LogP contribution is 2.35. The van der Waals surface area contributed by atoms with E-state index in [1.165, 1.54) is 29.3 Å². The van der Waals surface area contributed by atoms with Crippen molar-refractivity contribution >= 4 is 15.7 Å². The predicted octanol–water partition coefficient (Wildman–Crippen LogP) is 2.55. The molecule has 1 aromatic heterocycles. The molecular formula is C18H17F3N2O4S. The maximum atomic E-state index is 12.9. The second-order valence-electron chi connectivity index (χ2n) is 6.27. The number of aromatic nitrogens is 1. The van der Waals surface area contributed by atoms with Crippen LogP contribution < -0.4 is 4.74 Å². The summed E-state index contributed by atoms with van der Waals surface area (Å²) in [5, 5.41) is 0. The molecule has 0 unspecified atom stereocenters. The molecule has 0 aliphatic carbocycles. The lowest BCUT2D eigenvalue weighted by molar-refractivity contribution is -0.144. The second kappa shape index (κ2) is 7.78. The van der Waals surface area contributed by atoms with Gasteiger partial charge < -0.3 is 9.64 Å². The van der Waals surface area contributed by atoms with E-state index in [0.717, 1.165) is 6.07 Å². The summed E-state index contributed by atoms with van der Waals surface area (Å²) in [4.78, 5) is 17.2. The topological polar surface area (TPSA) is 76.6 Å². The summed E-state index contributed by atoms with van der Waals surface area (Å²) in [5.41, 5.74) is -0.978. The standard InChI is InChI=1S/C18H17F3N2O4S/c19-18(20,21)15-7-4-9-22-17(15)27-13-11-23(12-13)16(24)8-10-28(25,26)14-5-2-1-3-6-14/h1-7,9,13H,8,10-12H2. The lowest BCUT2D eigenvalue weighted by Crippen LogP contribution is -2.56. The lowest BCUT2D eigenvalue weighted by atomic mass is 10.1. The van der Waals surface area contributed by atoms with Crippen LogP contribution in [0.4, 0.5) is 13.2 Å². The number of rotatable bonds is 6. The fraction of sp³-hybridized carbons (Fsp3) is 0.333. The average Bonchev–Trinajstić information content (AvgIpc) is 2.63. The van der Waals surface area contributed by atoms with Gasteiger partial charge in [-0.15, -0.1) is 0 Å². The predicted molar refractivity (Wildman–Crippen MR) is 93.3 cm³/mol. The van der Waals surface area contributed by atoms with Gasteiger partial charge in [-0.2, -0.15) is 13.2 Å². The van der Waals surface area contributed by atoms with Crippen molar-refractivity contribution in [3.8, 4) is 5.88 Å². The van der Waals surface area contributed by atoms with Crippen LogP contribution in [0.15, 0.2) is 53.6 Å². The number of halogens is 3. The fourth-order valence-corrected chi connectivity index (χ4v) is 3.95. The molecule has 150 valence electrons. The smallest absolute Gasteiger partial charge is 0.421 e. The number of hydrogen-bond donors (Lipinski definition) is 0. The molecule has 1 aliphatic rings. The SMILES string of the molecule is O=C(CCS(=O)(=O)c1ccccc1)N1CC(Oc2ncccc2C(F)(F)F)C1. The van der Waals surface area contributed by atoms with E-state index in [2.05, 4.69) is 4.98 Å². The molecule has 0 radical (unpaired) electrons. The van der Waals surface area contributed by atoms with Crippen molar-refractivity contribution in [2.24, 2.45) is 0 Å². The fourth-order valence-electron chi connectivity index (χ4n) is 2.70. The van der Waals surface area contributed by atoms with Crippen LogP contribution in [0, 0.1) is 0 Å². The van der Waals surface area contributed by atoms with Crippen LogP contribution in [-0.4, -0.2) is 49.2 Å². The Hall–Kier alpha value is -2.62. The van der Waals surface area contributed by atoms with Crippen LogP contribution >= 0.6 is 0 Å². The Labute approximate surface area is 159 Å². The molecule has 6 nitrogen and oxygen atoms in total. The third-order valence-electron chi connectivity index (χ3n) is 4.24. The minimum atomic E-state index is -4.59. The number of likely N-dealkylation sites (tertiary alicyclic amines) is 1. The first-order valence-electron chi connectivity index (χ1n) is 8.41. The Kier molecular flexibility index (Phi) is 5.59. The van der Waals surface area contributed by atoms with Crippen molar-refractivity contribution in [3.05, 3.63) is 54.2 Å². The molecule has 0 saturated carbocycles. The summed E-state index contributed by atoms with van der Waals surface area (Å²) < 4.78 is 68.5. The Bertz CT molecular complexity index is 943. The number of pyridine rings is 1. The number of ether oxygens (including phenoxy) is 1. The number of hydrogen-bond acceptors (Lipinski definition) is 5. The lowest BCUT2D eigenvalue weighted by Gasteiger charge is -2.39. The van der Waals surface area contributed by atoms with Crippen molar-refractivity contribution < 1.29 is 31.1 Å². The average molecular weight is 414 g/mol. The molecule has 2 aromatic rings. The van der Waals surface area contributed by atoms with Gasteiger partial charge in [0.05, 0.1) is 23.7 Å². The van der Waals surface area contributed by atoms with Gasteiger partial charge in [0.2, 0.25) is 11.8 Å². The van der Waals surface area contributed by atoms with Crippen LogP contribution in [0.25, 0.3) is 0 Å². The van der Waals surface area contributed by atoms with Gasteiger partial charge in [0.1, 0.15) is 11.7 Å². The highest BCUT2D eigenvalue weighted by Gasteiger charge is 2.38. The molecule has 1 aromatic carbocycles. The Balaban J connectivity index is 1.51. The van der Waals surface area contributed by atoms with E-state index in [4.69, 9.17) is 4.74 Å². The molecule has 0 atom stereocenters. The van der Waals surface area contributed by atoms with Gasteiger partial charge in [-0.3, -0.25) is 4.79 Å². The number of benzene rings is 1. The third-order valence-corrected chi connectivity index (χ3v) is 5.97. The quantitative estimate of drug-likeness (QED) is 0.726. The molecule has 1 fully saturated rings. The summed E-state index contributed by atoms with van der Waals surface area (Å²) >= 11 is 0. The number of carbonyl (C=O) groups is 1. The summed E-state index contributed by atoms with van der Waals surface area (Å²) in [6.07, 6.45) is -4.22. The van der Waals surface area contributed by atoms with Crippen molar-refractivity contribution in [1.82, 2.24) is 9.88 Å². The van der Waals surface area contributed by atoms with Crippen LogP contribution in [0.3, 0.4) is 0 Å². The first-order valence-corrected chi connectivity index (χ1v) is 10.1. The number of amides is 1. The van der Waals surface area contributed by atoms with Gasteiger partial charge in [-0.1, -0.05) is 18.2 Å². The molecule has 0 N–H and O–H groups in total. The van der Waals surface area contributed by atoms with Crippen molar-refractivity contribution in [2.45, 2.75) is 23.6 Å². The van der Waals surface area contributed by atoms with Crippen LogP contribution in [0.5, 0.6) is 5.88 Å². The van der Waals surface area contributed by atoms with Gasteiger partial charge in [0.15, 0.2) is 9.84 Å². The van der Waals surface area contributed by atoms with Gasteiger partial charge >= 0.3 is 6.18 Å². The first kappa shape index (κ1) is 20.1. The van der Waals surface area contributed by atoms with Crippen molar-refractivity contribution in [2.75, 3.05) is 18.8 Å². The number of nitrogens with zero attached hydrogens (tertiary/aromatic N) is 2. The monoisotopic (exact) mass is 414 g/mol. The zero-order chi connectivity index (χ0) is 20.4. The van der Waals surface area contributed by atoms with Gasteiger partial charge in [-0.05, 0) is 24.3 Å². The highest BCUT2D eigenvalue weighted by molar-refractivity contribution is 7.91. The second-order valence-corrected chi connectivity index (χ2v) is 8.38. The van der Waals surface area contributed by atoms with E-state index in [-0.39, 0.29) is 30.2 Å². The first-order chi connectivity index (χ1) is 13.2. The van der Waals surface area contributed by atoms with Crippen molar-refractivity contribution in [3.63, 3.8) is 0 Å². The molecular weight excluding hydrogens is 397 g/mol. The minimum Gasteiger partial charge on any atom is -0.470 e. The van der Waals surface area contributed by atoms with E-state index >= 15 is 0 Å². The van der Waals surface area contributed by atoms with Gasteiger partial charge in [-0.25, -0.2) is 13.4 Å².